The summed E-state index contributed by atoms with van der Waals surface area (Å²) in [6.45, 7) is 6.60. The van der Waals surface area contributed by atoms with Crippen molar-refractivity contribution in [1.29, 1.82) is 0 Å². The van der Waals surface area contributed by atoms with Gasteiger partial charge in [0.1, 0.15) is 5.75 Å². The van der Waals surface area contributed by atoms with E-state index in [-0.39, 0.29) is 11.3 Å². The average molecular weight is 457 g/mol. The number of benzene rings is 2. The van der Waals surface area contributed by atoms with Crippen molar-refractivity contribution >= 4 is 0 Å². The van der Waals surface area contributed by atoms with Crippen molar-refractivity contribution in [2.24, 2.45) is 11.8 Å². The molecule has 1 aliphatic carbocycles. The van der Waals surface area contributed by atoms with Crippen molar-refractivity contribution in [3.63, 3.8) is 0 Å². The fourth-order valence-corrected chi connectivity index (χ4v) is 5.30. The molecule has 1 saturated carbocycles. The molecular formula is C30H42F2O. The van der Waals surface area contributed by atoms with Crippen LogP contribution in [0, 0.1) is 11.8 Å². The van der Waals surface area contributed by atoms with Crippen molar-refractivity contribution in [3.05, 3.63) is 65.2 Å². The molecule has 1 aliphatic rings. The van der Waals surface area contributed by atoms with Gasteiger partial charge < -0.3 is 4.74 Å². The first kappa shape index (κ1) is 25.7. The zero-order chi connectivity index (χ0) is 23.7. The molecule has 182 valence electrons. The van der Waals surface area contributed by atoms with E-state index >= 15 is 0 Å². The summed E-state index contributed by atoms with van der Waals surface area (Å²) in [4.78, 5) is 0. The van der Waals surface area contributed by atoms with E-state index in [9.17, 15) is 8.78 Å². The van der Waals surface area contributed by atoms with Crippen molar-refractivity contribution in [2.45, 2.75) is 103 Å². The average Bonchev–Trinajstić information content (AvgIpc) is 2.82. The van der Waals surface area contributed by atoms with Gasteiger partial charge in [-0.05, 0) is 66.0 Å². The van der Waals surface area contributed by atoms with Crippen LogP contribution in [0.4, 0.5) is 8.78 Å². The Morgan fingerprint density at radius 2 is 1.48 bits per heavy atom. The second kappa shape index (κ2) is 12.5. The summed E-state index contributed by atoms with van der Waals surface area (Å²) < 4.78 is 34.5. The van der Waals surface area contributed by atoms with E-state index in [4.69, 9.17) is 4.74 Å². The summed E-state index contributed by atoms with van der Waals surface area (Å²) in [5.74, 6) is 2.28. The molecule has 0 unspecified atom stereocenters. The maximum Gasteiger partial charge on any atom is 0.426 e. The van der Waals surface area contributed by atoms with Gasteiger partial charge in [-0.1, -0.05) is 103 Å². The number of unbranched alkanes of at least 4 members (excludes halogenated alkanes) is 2. The van der Waals surface area contributed by atoms with Crippen LogP contribution in [0.2, 0.25) is 0 Å². The standard InChI is InChI=1S/C30H42F2O/c1-4-6-7-9-25-10-12-26(13-11-25)22-23(3)27-16-18-28(19-17-27)30(31,32)33-29-20-14-24(8-5-2)15-21-29/h14-21,23,25-26H,4-13,22H2,1-3H3/t23-,25?,26?/m1/s1. The van der Waals surface area contributed by atoms with Crippen LogP contribution in [0.25, 0.3) is 0 Å². The largest absolute Gasteiger partial charge is 0.429 e. The van der Waals surface area contributed by atoms with Gasteiger partial charge in [0.15, 0.2) is 0 Å². The monoisotopic (exact) mass is 456 g/mol. The molecule has 0 saturated heterocycles. The second-order valence-corrected chi connectivity index (χ2v) is 10.2. The summed E-state index contributed by atoms with van der Waals surface area (Å²) in [6.07, 6.45) is 10.6. The zero-order valence-electron chi connectivity index (χ0n) is 20.8. The number of hydrogen-bond donors (Lipinski definition) is 0. The fraction of sp³-hybridized carbons (Fsp3) is 0.600. The quantitative estimate of drug-likeness (QED) is 0.289. The number of aryl methyl sites for hydroxylation is 1. The van der Waals surface area contributed by atoms with Gasteiger partial charge in [-0.25, -0.2) is 0 Å². The van der Waals surface area contributed by atoms with Crippen LogP contribution in [0.15, 0.2) is 48.5 Å². The lowest BCUT2D eigenvalue weighted by atomic mass is 9.76. The van der Waals surface area contributed by atoms with Crippen molar-refractivity contribution in [3.8, 4) is 5.75 Å². The summed E-state index contributed by atoms with van der Waals surface area (Å²) in [6, 6.07) is 13.8. The Hall–Kier alpha value is -1.90. The molecule has 0 bridgehead atoms. The molecule has 0 N–H and O–H groups in total. The Kier molecular flexibility index (Phi) is 9.77. The topological polar surface area (TPSA) is 9.23 Å². The molecule has 33 heavy (non-hydrogen) atoms. The molecule has 2 aromatic rings. The van der Waals surface area contributed by atoms with Gasteiger partial charge in [0, 0.05) is 0 Å². The van der Waals surface area contributed by atoms with Gasteiger partial charge in [-0.15, -0.1) is 0 Å². The predicted octanol–water partition coefficient (Wildman–Crippen LogP) is 9.65. The van der Waals surface area contributed by atoms with E-state index in [1.54, 1.807) is 12.1 Å². The first-order valence-corrected chi connectivity index (χ1v) is 13.2. The highest BCUT2D eigenvalue weighted by Crippen LogP contribution is 2.38. The summed E-state index contributed by atoms with van der Waals surface area (Å²) >= 11 is 0. The van der Waals surface area contributed by atoms with Gasteiger partial charge in [0.25, 0.3) is 0 Å². The Morgan fingerprint density at radius 3 is 2.09 bits per heavy atom. The molecule has 0 spiro atoms. The van der Waals surface area contributed by atoms with Crippen LogP contribution in [0.5, 0.6) is 5.75 Å². The third-order valence-electron chi connectivity index (χ3n) is 7.39. The Morgan fingerprint density at radius 1 is 0.848 bits per heavy atom. The number of hydrogen-bond acceptors (Lipinski definition) is 1. The van der Waals surface area contributed by atoms with Crippen LogP contribution in [0.3, 0.4) is 0 Å². The van der Waals surface area contributed by atoms with Crippen molar-refractivity contribution < 1.29 is 13.5 Å². The smallest absolute Gasteiger partial charge is 0.426 e. The minimum Gasteiger partial charge on any atom is -0.429 e. The van der Waals surface area contributed by atoms with Gasteiger partial charge >= 0.3 is 6.11 Å². The van der Waals surface area contributed by atoms with E-state index in [1.807, 2.05) is 24.3 Å². The lowest BCUT2D eigenvalue weighted by molar-refractivity contribution is -0.185. The van der Waals surface area contributed by atoms with Crippen LogP contribution < -0.4 is 4.74 Å². The molecule has 1 atom stereocenters. The molecule has 2 aromatic carbocycles. The van der Waals surface area contributed by atoms with Crippen molar-refractivity contribution in [2.75, 3.05) is 0 Å². The van der Waals surface area contributed by atoms with E-state index in [0.29, 0.717) is 5.92 Å². The van der Waals surface area contributed by atoms with Gasteiger partial charge in [0.05, 0.1) is 5.56 Å². The number of ether oxygens (including phenoxy) is 1. The highest BCUT2D eigenvalue weighted by Gasteiger charge is 2.34. The minimum absolute atomic E-state index is 0.0938. The lowest BCUT2D eigenvalue weighted by Crippen LogP contribution is -2.22. The summed E-state index contributed by atoms with van der Waals surface area (Å²) in [5.41, 5.74) is 2.18. The molecule has 0 aromatic heterocycles. The lowest BCUT2D eigenvalue weighted by Gasteiger charge is -2.30. The molecule has 0 radical (unpaired) electrons. The van der Waals surface area contributed by atoms with Crippen LogP contribution in [0.1, 0.15) is 108 Å². The normalized spacial score (nSPS) is 19.9. The highest BCUT2D eigenvalue weighted by molar-refractivity contribution is 5.31. The Labute approximate surface area is 199 Å². The molecule has 3 rings (SSSR count). The summed E-state index contributed by atoms with van der Waals surface area (Å²) in [7, 11) is 0. The van der Waals surface area contributed by atoms with Gasteiger partial charge in [-0.3, -0.25) is 0 Å². The number of rotatable bonds is 12. The minimum atomic E-state index is -3.34. The SMILES string of the molecule is CCCCCC1CCC(C[C@@H](C)c2ccc(C(F)(F)Oc3ccc(CCC)cc3)cc2)CC1. The van der Waals surface area contributed by atoms with Crippen LogP contribution >= 0.6 is 0 Å². The predicted molar refractivity (Wildman–Crippen MR) is 134 cm³/mol. The Bertz CT molecular complexity index is 804. The van der Waals surface area contributed by atoms with Crippen LogP contribution in [-0.2, 0) is 12.5 Å². The fourth-order valence-electron chi connectivity index (χ4n) is 5.30. The first-order chi connectivity index (χ1) is 15.9. The maximum absolute atomic E-state index is 14.7. The number of alkyl halides is 2. The van der Waals surface area contributed by atoms with Crippen LogP contribution in [-0.4, -0.2) is 0 Å². The van der Waals surface area contributed by atoms with Gasteiger partial charge in [0.2, 0.25) is 0 Å². The van der Waals surface area contributed by atoms with E-state index in [2.05, 4.69) is 20.8 Å². The van der Waals surface area contributed by atoms with Gasteiger partial charge in [-0.2, -0.15) is 8.78 Å². The molecule has 1 fully saturated rings. The molecular weight excluding hydrogens is 414 g/mol. The van der Waals surface area contributed by atoms with Crippen molar-refractivity contribution in [1.82, 2.24) is 0 Å². The number of halogens is 2. The van der Waals surface area contributed by atoms with E-state index < -0.39 is 6.11 Å². The maximum atomic E-state index is 14.7. The molecule has 0 aliphatic heterocycles. The Balaban J connectivity index is 1.50. The highest BCUT2D eigenvalue weighted by atomic mass is 19.3. The zero-order valence-corrected chi connectivity index (χ0v) is 20.8. The third kappa shape index (κ3) is 7.83. The molecule has 0 amide bonds. The first-order valence-electron chi connectivity index (χ1n) is 13.2. The summed E-state index contributed by atoms with van der Waals surface area (Å²) in [5, 5.41) is 0. The molecule has 3 heteroatoms. The van der Waals surface area contributed by atoms with E-state index in [0.717, 1.165) is 42.2 Å². The molecule has 1 nitrogen and oxygen atoms in total. The molecule has 0 heterocycles. The third-order valence-corrected chi connectivity index (χ3v) is 7.39. The second-order valence-electron chi connectivity index (χ2n) is 10.2. The van der Waals surface area contributed by atoms with E-state index in [1.165, 1.54) is 63.5 Å².